The van der Waals surface area contributed by atoms with Crippen molar-refractivity contribution in [2.24, 2.45) is 0 Å². The third-order valence-corrected chi connectivity index (χ3v) is 5.71. The van der Waals surface area contributed by atoms with Gasteiger partial charge in [-0.3, -0.25) is 4.90 Å². The summed E-state index contributed by atoms with van der Waals surface area (Å²) in [5.41, 5.74) is 3.23. The van der Waals surface area contributed by atoms with E-state index < -0.39 is 5.82 Å². The minimum Gasteiger partial charge on any atom is -0.361 e. The molecule has 3 nitrogen and oxygen atoms in total. The molecule has 1 aliphatic heterocycles. The molecule has 1 atom stereocenters. The molecule has 150 valence electrons. The van der Waals surface area contributed by atoms with E-state index in [-0.39, 0.29) is 11.1 Å². The summed E-state index contributed by atoms with van der Waals surface area (Å²) >= 11 is 11.3. The van der Waals surface area contributed by atoms with Gasteiger partial charge in [0.2, 0.25) is 0 Å². The molecule has 0 aromatic heterocycles. The monoisotopic (exact) mass is 419 g/mol. The molecule has 0 bridgehead atoms. The average molecular weight is 420 g/mol. The highest BCUT2D eigenvalue weighted by Gasteiger charge is 2.21. The molecule has 0 spiro atoms. The van der Waals surface area contributed by atoms with Gasteiger partial charge in [0.15, 0.2) is 5.11 Å². The number of nitrogens with one attached hydrogen (secondary N) is 2. The molecule has 0 amide bonds. The first-order chi connectivity index (χ1) is 13.5. The molecule has 1 aliphatic rings. The zero-order valence-corrected chi connectivity index (χ0v) is 17.8. The molecule has 1 unspecified atom stereocenters. The van der Waals surface area contributed by atoms with Crippen LogP contribution in [-0.4, -0.2) is 29.6 Å². The molecule has 2 aromatic carbocycles. The van der Waals surface area contributed by atoms with Crippen molar-refractivity contribution in [2.45, 2.75) is 38.6 Å². The molecule has 1 fully saturated rings. The van der Waals surface area contributed by atoms with Gasteiger partial charge in [-0.1, -0.05) is 54.3 Å². The lowest BCUT2D eigenvalue weighted by Gasteiger charge is -2.31. The molecule has 28 heavy (non-hydrogen) atoms. The zero-order valence-electron chi connectivity index (χ0n) is 16.2. The van der Waals surface area contributed by atoms with Crippen molar-refractivity contribution in [1.29, 1.82) is 0 Å². The number of nitrogens with zero attached hydrogens (tertiary/aromatic N) is 1. The largest absolute Gasteiger partial charge is 0.361 e. The normalized spacial score (nSPS) is 16.2. The van der Waals surface area contributed by atoms with Crippen molar-refractivity contribution >= 4 is 34.6 Å². The number of likely N-dealkylation sites (tertiary alicyclic amines) is 1. The van der Waals surface area contributed by atoms with Crippen LogP contribution in [0.2, 0.25) is 5.02 Å². The fourth-order valence-electron chi connectivity index (χ4n) is 3.59. The second-order valence-electron chi connectivity index (χ2n) is 7.34. The molecule has 2 aromatic rings. The second kappa shape index (κ2) is 10.2. The Morgan fingerprint density at radius 2 is 1.79 bits per heavy atom. The van der Waals surface area contributed by atoms with Gasteiger partial charge in [0, 0.05) is 12.2 Å². The van der Waals surface area contributed by atoms with Gasteiger partial charge in [-0.25, -0.2) is 4.39 Å². The first kappa shape index (κ1) is 21.0. The van der Waals surface area contributed by atoms with Crippen LogP contribution in [0, 0.1) is 12.7 Å². The molecule has 6 heteroatoms. The highest BCUT2D eigenvalue weighted by Crippen LogP contribution is 2.24. The summed E-state index contributed by atoms with van der Waals surface area (Å²) in [6.45, 7) is 5.03. The topological polar surface area (TPSA) is 27.3 Å². The maximum Gasteiger partial charge on any atom is 0.170 e. The van der Waals surface area contributed by atoms with Gasteiger partial charge < -0.3 is 10.6 Å². The van der Waals surface area contributed by atoms with Crippen molar-refractivity contribution in [2.75, 3.05) is 25.0 Å². The Hall–Kier alpha value is -1.69. The van der Waals surface area contributed by atoms with Crippen LogP contribution < -0.4 is 10.6 Å². The van der Waals surface area contributed by atoms with Crippen LogP contribution >= 0.6 is 23.8 Å². The minimum absolute atomic E-state index is 0.0786. The minimum atomic E-state index is -0.438. The summed E-state index contributed by atoms with van der Waals surface area (Å²) in [6.07, 6.45) is 5.07. The molecule has 1 heterocycles. The SMILES string of the molecule is Cc1ccc(C(CNC(=S)Nc2ccc(F)c(Cl)c2)N2CCCCCC2)cc1. The Labute approximate surface area is 177 Å². The van der Waals surface area contributed by atoms with E-state index in [0.29, 0.717) is 17.3 Å². The maximum absolute atomic E-state index is 13.3. The number of thiocarbonyl (C=S) groups is 1. The van der Waals surface area contributed by atoms with E-state index in [2.05, 4.69) is 46.7 Å². The highest BCUT2D eigenvalue weighted by molar-refractivity contribution is 7.80. The summed E-state index contributed by atoms with van der Waals surface area (Å²) in [5.74, 6) is -0.438. The molecular weight excluding hydrogens is 393 g/mol. The van der Waals surface area contributed by atoms with Crippen LogP contribution in [0.15, 0.2) is 42.5 Å². The van der Waals surface area contributed by atoms with Crippen molar-refractivity contribution in [3.05, 3.63) is 64.4 Å². The Morgan fingerprint density at radius 1 is 1.11 bits per heavy atom. The number of rotatable bonds is 5. The van der Waals surface area contributed by atoms with Gasteiger partial charge in [-0.15, -0.1) is 0 Å². The lowest BCUT2D eigenvalue weighted by Crippen LogP contribution is -2.40. The number of halogens is 2. The number of aryl methyl sites for hydroxylation is 1. The lowest BCUT2D eigenvalue weighted by atomic mass is 10.0. The summed E-state index contributed by atoms with van der Waals surface area (Å²) in [6, 6.07) is 13.5. The van der Waals surface area contributed by atoms with E-state index in [1.165, 1.54) is 48.9 Å². The quantitative estimate of drug-likeness (QED) is 0.608. The number of hydrogen-bond acceptors (Lipinski definition) is 2. The summed E-state index contributed by atoms with van der Waals surface area (Å²) < 4.78 is 13.3. The predicted octanol–water partition coefficient (Wildman–Crippen LogP) is 5.69. The van der Waals surface area contributed by atoms with Crippen molar-refractivity contribution in [3.8, 4) is 0 Å². The first-order valence-corrected chi connectivity index (χ1v) is 10.6. The molecule has 0 radical (unpaired) electrons. The van der Waals surface area contributed by atoms with Gasteiger partial charge >= 0.3 is 0 Å². The maximum atomic E-state index is 13.3. The van der Waals surface area contributed by atoms with E-state index in [4.69, 9.17) is 23.8 Å². The molecule has 2 N–H and O–H groups in total. The van der Waals surface area contributed by atoms with Crippen LogP contribution in [0.4, 0.5) is 10.1 Å². The first-order valence-electron chi connectivity index (χ1n) is 9.83. The van der Waals surface area contributed by atoms with Gasteiger partial charge in [0.05, 0.1) is 11.1 Å². The van der Waals surface area contributed by atoms with Gasteiger partial charge in [-0.2, -0.15) is 0 Å². The van der Waals surface area contributed by atoms with Crippen LogP contribution in [0.5, 0.6) is 0 Å². The van der Waals surface area contributed by atoms with Crippen LogP contribution in [-0.2, 0) is 0 Å². The van der Waals surface area contributed by atoms with E-state index >= 15 is 0 Å². The van der Waals surface area contributed by atoms with Crippen molar-refractivity contribution < 1.29 is 4.39 Å². The smallest absolute Gasteiger partial charge is 0.170 e. The second-order valence-corrected chi connectivity index (χ2v) is 8.16. The van der Waals surface area contributed by atoms with Gasteiger partial charge in [-0.05, 0) is 68.8 Å². The van der Waals surface area contributed by atoms with E-state index in [1.54, 1.807) is 6.07 Å². The fraction of sp³-hybridized carbons (Fsp3) is 0.409. The number of hydrogen-bond donors (Lipinski definition) is 2. The standard InChI is InChI=1S/C22H27ClFN3S/c1-16-6-8-17(9-7-16)21(27-12-4-2-3-5-13-27)15-25-22(28)26-18-10-11-20(24)19(23)14-18/h6-11,14,21H,2-5,12-13,15H2,1H3,(H2,25,26,28). The molecular formula is C22H27ClFN3S. The number of anilines is 1. The highest BCUT2D eigenvalue weighted by atomic mass is 35.5. The van der Waals surface area contributed by atoms with Crippen molar-refractivity contribution in [3.63, 3.8) is 0 Å². The van der Waals surface area contributed by atoms with E-state index in [0.717, 1.165) is 13.1 Å². The van der Waals surface area contributed by atoms with Gasteiger partial charge in [0.1, 0.15) is 5.82 Å². The summed E-state index contributed by atoms with van der Waals surface area (Å²) in [7, 11) is 0. The van der Waals surface area contributed by atoms with Crippen molar-refractivity contribution in [1.82, 2.24) is 10.2 Å². The van der Waals surface area contributed by atoms with Gasteiger partial charge in [0.25, 0.3) is 0 Å². The molecule has 3 rings (SSSR count). The lowest BCUT2D eigenvalue weighted by molar-refractivity contribution is 0.205. The third-order valence-electron chi connectivity index (χ3n) is 5.18. The van der Waals surface area contributed by atoms with Crippen LogP contribution in [0.25, 0.3) is 0 Å². The predicted molar refractivity (Wildman–Crippen MR) is 120 cm³/mol. The molecule has 0 aliphatic carbocycles. The Bertz CT molecular complexity index is 789. The Balaban J connectivity index is 1.67. The van der Waals surface area contributed by atoms with Crippen LogP contribution in [0.3, 0.4) is 0 Å². The van der Waals surface area contributed by atoms with E-state index in [9.17, 15) is 4.39 Å². The third kappa shape index (κ3) is 5.90. The number of benzene rings is 2. The fourth-order valence-corrected chi connectivity index (χ4v) is 3.97. The van der Waals surface area contributed by atoms with E-state index in [1.807, 2.05) is 0 Å². The summed E-state index contributed by atoms with van der Waals surface area (Å²) in [4.78, 5) is 2.56. The zero-order chi connectivity index (χ0) is 19.9. The molecule has 0 saturated carbocycles. The Morgan fingerprint density at radius 3 is 2.43 bits per heavy atom. The molecule has 1 saturated heterocycles. The average Bonchev–Trinajstić information content (AvgIpc) is 2.96. The Kier molecular flexibility index (Phi) is 7.65. The van der Waals surface area contributed by atoms with Crippen LogP contribution in [0.1, 0.15) is 42.9 Å². The summed E-state index contributed by atoms with van der Waals surface area (Å²) in [5, 5.41) is 7.02.